The summed E-state index contributed by atoms with van der Waals surface area (Å²) in [5, 5.41) is 0.284. The first-order chi connectivity index (χ1) is 7.60. The third kappa shape index (κ3) is 2.67. The van der Waals surface area contributed by atoms with Gasteiger partial charge in [0.2, 0.25) is 0 Å². The summed E-state index contributed by atoms with van der Waals surface area (Å²) in [5.41, 5.74) is 6.19. The number of methoxy groups -OCH3 is 1. The molecule has 0 unspecified atom stereocenters. The van der Waals surface area contributed by atoms with Crippen LogP contribution >= 0.6 is 11.6 Å². The first kappa shape index (κ1) is 12.4. The molecule has 1 aromatic rings. The van der Waals surface area contributed by atoms with Crippen LogP contribution in [0.4, 0.5) is 5.69 Å². The van der Waals surface area contributed by atoms with E-state index >= 15 is 0 Å². The average molecular weight is 242 g/mol. The van der Waals surface area contributed by atoms with Crippen molar-refractivity contribution in [2.75, 3.05) is 19.5 Å². The Kier molecular flexibility index (Phi) is 4.19. The molecule has 0 bridgehead atoms. The molecule has 0 amide bonds. The van der Waals surface area contributed by atoms with Crippen molar-refractivity contribution in [2.24, 2.45) is 0 Å². The molecule has 16 heavy (non-hydrogen) atoms. The third-order valence-electron chi connectivity index (χ3n) is 1.86. The van der Waals surface area contributed by atoms with Crippen LogP contribution in [0.3, 0.4) is 0 Å². The summed E-state index contributed by atoms with van der Waals surface area (Å²) in [6.45, 7) is 3.78. The smallest absolute Gasteiger partial charge is 0.341 e. The summed E-state index contributed by atoms with van der Waals surface area (Å²) in [6.07, 6.45) is 1.56. The molecule has 5 heteroatoms. The van der Waals surface area contributed by atoms with Crippen molar-refractivity contribution in [1.29, 1.82) is 0 Å². The summed E-state index contributed by atoms with van der Waals surface area (Å²) in [7, 11) is 1.28. The largest absolute Gasteiger partial charge is 0.489 e. The normalized spacial score (nSPS) is 9.62. The Hall–Kier alpha value is -1.68. The van der Waals surface area contributed by atoms with Crippen LogP contribution in [-0.4, -0.2) is 19.7 Å². The first-order valence-corrected chi connectivity index (χ1v) is 4.89. The molecule has 86 valence electrons. The fraction of sp³-hybridized carbons (Fsp3) is 0.182. The van der Waals surface area contributed by atoms with Crippen molar-refractivity contribution in [1.82, 2.24) is 0 Å². The SMILES string of the molecule is C=CCOc1cc(N)c(Cl)cc1C(=O)OC. The predicted octanol–water partition coefficient (Wildman–Crippen LogP) is 2.27. The fourth-order valence-corrected chi connectivity index (χ4v) is 1.27. The number of benzene rings is 1. The lowest BCUT2D eigenvalue weighted by molar-refractivity contribution is 0.0596. The highest BCUT2D eigenvalue weighted by atomic mass is 35.5. The molecule has 2 N–H and O–H groups in total. The van der Waals surface area contributed by atoms with Crippen molar-refractivity contribution in [3.05, 3.63) is 35.4 Å². The van der Waals surface area contributed by atoms with Crippen molar-refractivity contribution < 1.29 is 14.3 Å². The van der Waals surface area contributed by atoms with E-state index in [1.807, 2.05) is 0 Å². The molecule has 0 aliphatic heterocycles. The zero-order chi connectivity index (χ0) is 12.1. The van der Waals surface area contributed by atoms with Gasteiger partial charge in [-0.05, 0) is 6.07 Å². The van der Waals surface area contributed by atoms with Crippen LogP contribution in [0.25, 0.3) is 0 Å². The van der Waals surface area contributed by atoms with Gasteiger partial charge in [0, 0.05) is 6.07 Å². The maximum atomic E-state index is 11.4. The molecule has 1 aromatic carbocycles. The molecule has 0 saturated carbocycles. The van der Waals surface area contributed by atoms with Gasteiger partial charge in [-0.3, -0.25) is 0 Å². The van der Waals surface area contributed by atoms with E-state index in [0.717, 1.165) is 0 Å². The van der Waals surface area contributed by atoms with Crippen LogP contribution in [0.5, 0.6) is 5.75 Å². The topological polar surface area (TPSA) is 61.5 Å². The molecule has 0 saturated heterocycles. The number of rotatable bonds is 4. The van der Waals surface area contributed by atoms with E-state index in [1.165, 1.54) is 19.2 Å². The Balaban J connectivity index is 3.15. The van der Waals surface area contributed by atoms with Gasteiger partial charge < -0.3 is 15.2 Å². The van der Waals surface area contributed by atoms with Crippen molar-refractivity contribution >= 4 is 23.3 Å². The van der Waals surface area contributed by atoms with E-state index in [-0.39, 0.29) is 17.2 Å². The molecule has 0 fully saturated rings. The van der Waals surface area contributed by atoms with Crippen molar-refractivity contribution in [3.8, 4) is 5.75 Å². The maximum Gasteiger partial charge on any atom is 0.341 e. The Bertz CT molecular complexity index is 418. The number of hydrogen-bond donors (Lipinski definition) is 1. The molecule has 0 radical (unpaired) electrons. The van der Waals surface area contributed by atoms with Gasteiger partial charge >= 0.3 is 5.97 Å². The molecule has 0 spiro atoms. The van der Waals surface area contributed by atoms with Gasteiger partial charge in [-0.15, -0.1) is 0 Å². The van der Waals surface area contributed by atoms with E-state index < -0.39 is 5.97 Å². The summed E-state index contributed by atoms with van der Waals surface area (Å²) in [4.78, 5) is 11.4. The molecular weight excluding hydrogens is 230 g/mol. The summed E-state index contributed by atoms with van der Waals surface area (Å²) >= 11 is 5.81. The van der Waals surface area contributed by atoms with Gasteiger partial charge in [-0.2, -0.15) is 0 Å². The lowest BCUT2D eigenvalue weighted by atomic mass is 10.2. The van der Waals surface area contributed by atoms with Crippen LogP contribution in [-0.2, 0) is 4.74 Å². The summed E-state index contributed by atoms with van der Waals surface area (Å²) in [5.74, 6) is -0.199. The molecule has 4 nitrogen and oxygen atoms in total. The Morgan fingerprint density at radius 3 is 2.88 bits per heavy atom. The van der Waals surface area contributed by atoms with E-state index in [1.54, 1.807) is 6.08 Å². The molecular formula is C11H12ClNO3. The molecule has 0 atom stereocenters. The number of anilines is 1. The molecule has 0 heterocycles. The minimum absolute atomic E-state index is 0.239. The maximum absolute atomic E-state index is 11.4. The highest BCUT2D eigenvalue weighted by molar-refractivity contribution is 6.33. The van der Waals surface area contributed by atoms with Crippen molar-refractivity contribution in [3.63, 3.8) is 0 Å². The first-order valence-electron chi connectivity index (χ1n) is 4.51. The van der Waals surface area contributed by atoms with Crippen LogP contribution in [0.1, 0.15) is 10.4 Å². The van der Waals surface area contributed by atoms with Crippen molar-refractivity contribution in [2.45, 2.75) is 0 Å². The number of halogens is 1. The Morgan fingerprint density at radius 1 is 1.62 bits per heavy atom. The van der Waals surface area contributed by atoms with Crippen LogP contribution in [0, 0.1) is 0 Å². The average Bonchev–Trinajstić information content (AvgIpc) is 2.29. The van der Waals surface area contributed by atoms with Gasteiger partial charge in [0.1, 0.15) is 17.9 Å². The van der Waals surface area contributed by atoms with Crippen LogP contribution in [0.2, 0.25) is 5.02 Å². The quantitative estimate of drug-likeness (QED) is 0.499. The highest BCUT2D eigenvalue weighted by Gasteiger charge is 2.15. The predicted molar refractivity (Wildman–Crippen MR) is 62.9 cm³/mol. The van der Waals surface area contributed by atoms with Crippen LogP contribution < -0.4 is 10.5 Å². The number of nitrogen functional groups attached to an aromatic ring is 1. The van der Waals surface area contributed by atoms with E-state index in [9.17, 15) is 4.79 Å². The number of ether oxygens (including phenoxy) is 2. The number of esters is 1. The summed E-state index contributed by atoms with van der Waals surface area (Å²) < 4.78 is 9.90. The standard InChI is InChI=1S/C11H12ClNO3/c1-3-4-16-10-6-9(13)8(12)5-7(10)11(14)15-2/h3,5-6H,1,4,13H2,2H3. The van der Waals surface area contributed by atoms with E-state index in [4.69, 9.17) is 22.1 Å². The minimum Gasteiger partial charge on any atom is -0.489 e. The number of carbonyl (C=O) groups excluding carboxylic acids is 1. The lowest BCUT2D eigenvalue weighted by Crippen LogP contribution is -2.07. The van der Waals surface area contributed by atoms with Crippen LogP contribution in [0.15, 0.2) is 24.8 Å². The number of nitrogens with two attached hydrogens (primary N) is 1. The van der Waals surface area contributed by atoms with Gasteiger partial charge in [-0.25, -0.2) is 4.79 Å². The molecule has 0 aliphatic carbocycles. The number of hydrogen-bond acceptors (Lipinski definition) is 4. The van der Waals surface area contributed by atoms with E-state index in [2.05, 4.69) is 11.3 Å². The third-order valence-corrected chi connectivity index (χ3v) is 2.19. The summed E-state index contributed by atoms with van der Waals surface area (Å²) in [6, 6.07) is 2.90. The number of carbonyl (C=O) groups is 1. The minimum atomic E-state index is -0.527. The second kappa shape index (κ2) is 5.42. The van der Waals surface area contributed by atoms with Gasteiger partial charge in [0.25, 0.3) is 0 Å². The monoisotopic (exact) mass is 241 g/mol. The Labute approximate surface area is 98.6 Å². The zero-order valence-electron chi connectivity index (χ0n) is 8.83. The Morgan fingerprint density at radius 2 is 2.31 bits per heavy atom. The molecule has 0 aliphatic rings. The van der Waals surface area contributed by atoms with E-state index in [0.29, 0.717) is 11.4 Å². The lowest BCUT2D eigenvalue weighted by Gasteiger charge is -2.10. The second-order valence-corrected chi connectivity index (χ2v) is 3.37. The fourth-order valence-electron chi connectivity index (χ4n) is 1.11. The highest BCUT2D eigenvalue weighted by Crippen LogP contribution is 2.29. The molecule has 0 aromatic heterocycles. The molecule has 1 rings (SSSR count). The zero-order valence-corrected chi connectivity index (χ0v) is 9.58. The van der Waals surface area contributed by atoms with Gasteiger partial charge in [-0.1, -0.05) is 24.3 Å². The van der Waals surface area contributed by atoms with Gasteiger partial charge in [0.05, 0.1) is 17.8 Å². The second-order valence-electron chi connectivity index (χ2n) is 2.96. The van der Waals surface area contributed by atoms with Gasteiger partial charge in [0.15, 0.2) is 0 Å².